The minimum atomic E-state index is -4.66. The van der Waals surface area contributed by atoms with E-state index >= 15 is 0 Å². The molecule has 0 radical (unpaired) electrons. The number of nitro groups is 1. The summed E-state index contributed by atoms with van der Waals surface area (Å²) in [5, 5.41) is 26.6. The first-order valence-corrected chi connectivity index (χ1v) is 25.1. The number of aromatic nitrogens is 3. The smallest absolute Gasteiger partial charge is 0.491 e. The quantitative estimate of drug-likeness (QED) is 0.0215. The number of hydrogen-bond acceptors (Lipinski definition) is 15. The molecule has 6 rings (SSSR count). The van der Waals surface area contributed by atoms with Crippen LogP contribution in [0.25, 0.3) is 5.52 Å². The molecule has 66 heavy (non-hydrogen) atoms. The lowest BCUT2D eigenvalue weighted by Gasteiger charge is -2.29. The maximum atomic E-state index is 14.9. The lowest BCUT2D eigenvalue weighted by molar-refractivity contribution is -0.384. The largest absolute Gasteiger partial charge is 0.530 e. The van der Waals surface area contributed by atoms with Gasteiger partial charge in [-0.1, -0.05) is 121 Å². The van der Waals surface area contributed by atoms with Crippen LogP contribution in [0.2, 0.25) is 0 Å². The van der Waals surface area contributed by atoms with E-state index in [1.54, 1.807) is 38.1 Å². The van der Waals surface area contributed by atoms with Gasteiger partial charge >= 0.3 is 7.82 Å². The van der Waals surface area contributed by atoms with Gasteiger partial charge in [0.15, 0.2) is 11.6 Å². The van der Waals surface area contributed by atoms with Crippen LogP contribution in [0.15, 0.2) is 73.1 Å². The highest BCUT2D eigenvalue weighted by atomic mass is 31.2. The van der Waals surface area contributed by atoms with E-state index < -0.39 is 55.2 Å². The zero-order valence-electron chi connectivity index (χ0n) is 38.6. The maximum Gasteiger partial charge on any atom is 0.530 e. The summed E-state index contributed by atoms with van der Waals surface area (Å²) in [5.41, 5.74) is 4.92. The number of nitro benzene ring substituents is 1. The number of anilines is 1. The molecule has 18 heteroatoms. The lowest BCUT2D eigenvalue weighted by atomic mass is 9.92. The summed E-state index contributed by atoms with van der Waals surface area (Å²) in [7, 11) is -4.66. The lowest BCUT2D eigenvalue weighted by Crippen LogP contribution is -2.40. The van der Waals surface area contributed by atoms with Crippen molar-refractivity contribution in [3.8, 4) is 17.6 Å². The summed E-state index contributed by atoms with van der Waals surface area (Å²) in [6.45, 7) is 5.58. The normalized spacial score (nSPS) is 21.3. The van der Waals surface area contributed by atoms with Crippen LogP contribution in [0.3, 0.4) is 0 Å². The molecule has 0 saturated carbocycles. The summed E-state index contributed by atoms with van der Waals surface area (Å²) in [5.74, 6) is -0.403. The van der Waals surface area contributed by atoms with Gasteiger partial charge in [0.05, 0.1) is 23.8 Å². The molecule has 2 saturated heterocycles. The highest BCUT2D eigenvalue weighted by molar-refractivity contribution is 7.49. The number of ether oxygens (including phenoxy) is 5. The number of nitrogens with two attached hydrogens (primary N) is 1. The van der Waals surface area contributed by atoms with E-state index in [1.165, 1.54) is 119 Å². The molecule has 0 spiro atoms. The minimum Gasteiger partial charge on any atom is -0.491 e. The molecule has 2 N–H and O–H groups in total. The highest BCUT2D eigenvalue weighted by Crippen LogP contribution is 2.54. The molecule has 2 aliphatic heterocycles. The summed E-state index contributed by atoms with van der Waals surface area (Å²) in [6.07, 6.45) is 17.6. The number of nitriles is 1. The zero-order valence-corrected chi connectivity index (χ0v) is 39.5. The Balaban J connectivity index is 1.08. The molecule has 0 aliphatic carbocycles. The summed E-state index contributed by atoms with van der Waals surface area (Å²) >= 11 is 0. The van der Waals surface area contributed by atoms with Crippen molar-refractivity contribution >= 4 is 24.8 Å². The first kappa shape index (κ1) is 50.7. The van der Waals surface area contributed by atoms with Crippen LogP contribution < -0.4 is 15.0 Å². The van der Waals surface area contributed by atoms with Gasteiger partial charge in [-0.15, -0.1) is 0 Å². The predicted octanol–water partition coefficient (Wildman–Crippen LogP) is 10.8. The fourth-order valence-electron chi connectivity index (χ4n) is 8.43. The number of benzene rings is 2. The van der Waals surface area contributed by atoms with Crippen molar-refractivity contribution in [1.82, 2.24) is 14.6 Å². The third-order valence-corrected chi connectivity index (χ3v) is 13.3. The van der Waals surface area contributed by atoms with E-state index in [1.807, 2.05) is 18.2 Å². The number of fused-ring (bicyclic) bond motifs is 2. The zero-order chi connectivity index (χ0) is 46.8. The van der Waals surface area contributed by atoms with Crippen molar-refractivity contribution in [1.29, 1.82) is 5.26 Å². The van der Waals surface area contributed by atoms with Gasteiger partial charge in [0, 0.05) is 18.7 Å². The Morgan fingerprint density at radius 3 is 2.11 bits per heavy atom. The molecule has 360 valence electrons. The molecule has 2 aliphatic rings. The van der Waals surface area contributed by atoms with Gasteiger partial charge in [-0.05, 0) is 56.7 Å². The molecule has 6 atom stereocenters. The van der Waals surface area contributed by atoms with E-state index in [0.29, 0.717) is 23.6 Å². The minimum absolute atomic E-state index is 0.0118. The summed E-state index contributed by atoms with van der Waals surface area (Å²) in [4.78, 5) is 14.9. The van der Waals surface area contributed by atoms with E-state index in [9.17, 15) is 19.9 Å². The second-order valence-corrected chi connectivity index (χ2v) is 19.0. The van der Waals surface area contributed by atoms with Crippen molar-refractivity contribution in [2.75, 3.05) is 32.2 Å². The molecule has 0 amide bonds. The number of nitrogen functional groups attached to an aromatic ring is 1. The Morgan fingerprint density at radius 1 is 0.848 bits per heavy atom. The predicted molar refractivity (Wildman–Crippen MR) is 248 cm³/mol. The monoisotopic (exact) mass is 934 g/mol. The van der Waals surface area contributed by atoms with E-state index in [0.717, 1.165) is 19.3 Å². The van der Waals surface area contributed by atoms with Gasteiger partial charge in [-0.2, -0.15) is 10.4 Å². The fourth-order valence-corrected chi connectivity index (χ4v) is 9.78. The number of phosphoric acid groups is 1. The van der Waals surface area contributed by atoms with Crippen LogP contribution >= 0.6 is 7.82 Å². The Bertz CT molecular complexity index is 2190. The first-order valence-electron chi connectivity index (χ1n) is 23.6. The second-order valence-electron chi connectivity index (χ2n) is 17.5. The van der Waals surface area contributed by atoms with E-state index in [2.05, 4.69) is 23.1 Å². The van der Waals surface area contributed by atoms with Crippen molar-refractivity contribution < 1.29 is 46.7 Å². The Kier molecular flexibility index (Phi) is 19.2. The molecule has 0 bridgehead atoms. The molecule has 17 nitrogen and oxygen atoms in total. The number of hydrogen-bond donors (Lipinski definition) is 1. The topological polar surface area (TPSA) is 214 Å². The van der Waals surface area contributed by atoms with Gasteiger partial charge in [-0.25, -0.2) is 14.1 Å². The Hall–Kier alpha value is -4.66. The molecule has 2 fully saturated rings. The van der Waals surface area contributed by atoms with Crippen molar-refractivity contribution in [2.45, 2.75) is 159 Å². The fraction of sp³-hybridized carbons (Fsp3) is 0.604. The molecule has 4 heterocycles. The molecular formula is C48H67N6O11P. The Morgan fingerprint density at radius 2 is 1.48 bits per heavy atom. The summed E-state index contributed by atoms with van der Waals surface area (Å²) in [6, 6.07) is 19.7. The average Bonchev–Trinajstić information content (AvgIpc) is 3.98. The van der Waals surface area contributed by atoms with Gasteiger partial charge in [0.25, 0.3) is 5.69 Å². The van der Waals surface area contributed by atoms with E-state index in [4.69, 9.17) is 43.0 Å². The number of unbranched alkanes of at least 4 members (excludes halogenated alkanes) is 15. The van der Waals surface area contributed by atoms with Crippen LogP contribution in [0.4, 0.5) is 11.5 Å². The molecular weight excluding hydrogens is 868 g/mol. The van der Waals surface area contributed by atoms with Crippen LogP contribution in [0.5, 0.6) is 11.5 Å². The number of nitrogens with zero attached hydrogens (tertiary/aromatic N) is 5. The van der Waals surface area contributed by atoms with Crippen molar-refractivity contribution in [2.24, 2.45) is 0 Å². The van der Waals surface area contributed by atoms with Crippen LogP contribution in [-0.4, -0.2) is 76.2 Å². The SMILES string of the molecule is CCCCCCCCCCCCCCCCCCOC[C@H](COc1ccccc1)OP(=O)(OC[C@H]1O[C@@](C#N)(c2ccc3c(N)ncnn23)[C@@H]2OC(C)(C)O[C@@H]21)Oc1ccc([N+](=O)[O-])cc1. The van der Waals surface area contributed by atoms with E-state index in [-0.39, 0.29) is 30.5 Å². The third-order valence-electron chi connectivity index (χ3n) is 11.8. The molecule has 2 aromatic carbocycles. The van der Waals surface area contributed by atoms with Crippen LogP contribution in [0.1, 0.15) is 129 Å². The number of non-ortho nitro benzene ring substituents is 1. The van der Waals surface area contributed by atoms with Gasteiger partial charge in [0.2, 0.25) is 5.60 Å². The molecule has 2 aromatic heterocycles. The second kappa shape index (κ2) is 24.9. The standard InChI is InChI=1S/C48H67N6O11P/c1-4-5-6-7-8-9-10-11-12-13-14-15-16-17-18-22-31-58-32-40(33-59-38-23-20-19-21-24-38)65-66(57,64-39-27-25-37(26-28-39)54(55)56)60-34-42-44-45(63-47(2,3)62-44)48(35-49,61-42)43-30-29-41-46(50)51-36-52-53(41)43/h19-21,23-30,36,40,42,44-45H,4-18,22,31-34H2,1-3H3,(H2,50,51,52)/t40-,42-,44-,45-,48+,66?/m1/s1. The van der Waals surface area contributed by atoms with Crippen molar-refractivity contribution in [3.05, 3.63) is 88.9 Å². The van der Waals surface area contributed by atoms with Crippen molar-refractivity contribution in [3.63, 3.8) is 0 Å². The summed E-state index contributed by atoms with van der Waals surface area (Å²) < 4.78 is 65.9. The first-order chi connectivity index (χ1) is 32.0. The highest BCUT2D eigenvalue weighted by Gasteiger charge is 2.65. The third kappa shape index (κ3) is 14.2. The number of rotatable bonds is 31. The van der Waals surface area contributed by atoms with Gasteiger partial charge in [0.1, 0.15) is 60.4 Å². The van der Waals surface area contributed by atoms with Gasteiger partial charge < -0.3 is 33.9 Å². The Labute approximate surface area is 388 Å². The number of phosphoric ester groups is 1. The van der Waals surface area contributed by atoms with Gasteiger partial charge in [-0.3, -0.25) is 19.2 Å². The number of para-hydroxylation sites is 1. The average molecular weight is 935 g/mol. The molecule has 1 unspecified atom stereocenters. The van der Waals surface area contributed by atoms with Crippen LogP contribution in [-0.2, 0) is 38.2 Å². The van der Waals surface area contributed by atoms with Crippen LogP contribution in [0, 0.1) is 21.4 Å². The maximum absolute atomic E-state index is 14.9. The molecule has 4 aromatic rings.